The molecule has 0 aromatic carbocycles. The molecule has 0 heterocycles. The first-order valence-corrected chi connectivity index (χ1v) is 7.27. The average Bonchev–Trinajstić information content (AvgIpc) is 3.03. The van der Waals surface area contributed by atoms with E-state index >= 15 is 0 Å². The highest BCUT2D eigenvalue weighted by Gasteiger charge is 2.65. The second kappa shape index (κ2) is 2.46. The minimum atomic E-state index is 1.09. The highest BCUT2D eigenvalue weighted by molar-refractivity contribution is 5.17. The molecule has 0 aromatic rings. The molecule has 0 amide bonds. The van der Waals surface area contributed by atoms with Crippen LogP contribution in [0.5, 0.6) is 0 Å². The van der Waals surface area contributed by atoms with Crippen molar-refractivity contribution in [2.45, 2.75) is 38.5 Å². The highest BCUT2D eigenvalue weighted by atomic mass is 14.7. The predicted molar refractivity (Wildman–Crippen MR) is 59.9 cm³/mol. The molecule has 0 N–H and O–H groups in total. The fraction of sp³-hybridized carbons (Fsp3) is 0.933. The van der Waals surface area contributed by atoms with E-state index < -0.39 is 0 Å². The Morgan fingerprint density at radius 3 is 2.40 bits per heavy atom. The van der Waals surface area contributed by atoms with Crippen LogP contribution in [0.15, 0.2) is 0 Å². The summed E-state index contributed by atoms with van der Waals surface area (Å²) in [7, 11) is 0. The Bertz CT molecular complexity index is 279. The molecule has 5 fully saturated rings. The van der Waals surface area contributed by atoms with Crippen molar-refractivity contribution in [2.24, 2.45) is 47.3 Å². The van der Waals surface area contributed by atoms with Crippen LogP contribution < -0.4 is 0 Å². The van der Waals surface area contributed by atoms with Gasteiger partial charge in [0.15, 0.2) is 0 Å². The van der Waals surface area contributed by atoms with Gasteiger partial charge in [0, 0.05) is 0 Å². The maximum Gasteiger partial charge on any atom is -0.0321 e. The summed E-state index contributed by atoms with van der Waals surface area (Å²) in [4.78, 5) is 0. The fourth-order valence-electron chi connectivity index (χ4n) is 6.99. The van der Waals surface area contributed by atoms with Gasteiger partial charge in [-0.2, -0.15) is 0 Å². The van der Waals surface area contributed by atoms with Gasteiger partial charge in [-0.1, -0.05) is 0 Å². The van der Waals surface area contributed by atoms with Gasteiger partial charge in [0.25, 0.3) is 0 Å². The van der Waals surface area contributed by atoms with E-state index in [4.69, 9.17) is 0 Å². The lowest BCUT2D eigenvalue weighted by Gasteiger charge is -2.40. The Labute approximate surface area is 92.8 Å². The van der Waals surface area contributed by atoms with Crippen LogP contribution in [0.3, 0.4) is 0 Å². The van der Waals surface area contributed by atoms with Gasteiger partial charge in [0.1, 0.15) is 0 Å². The third-order valence-electron chi connectivity index (χ3n) is 7.06. The minimum absolute atomic E-state index is 1.09. The molecule has 5 aliphatic rings. The lowest BCUT2D eigenvalue weighted by atomic mass is 9.64. The number of fused-ring (bicyclic) bond motifs is 12. The Balaban J connectivity index is 1.59. The van der Waals surface area contributed by atoms with Crippen molar-refractivity contribution in [2.75, 3.05) is 0 Å². The molecule has 15 heavy (non-hydrogen) atoms. The average molecular weight is 201 g/mol. The first kappa shape index (κ1) is 8.14. The van der Waals surface area contributed by atoms with E-state index in [0.717, 1.165) is 11.8 Å². The first-order chi connectivity index (χ1) is 7.43. The lowest BCUT2D eigenvalue weighted by Crippen LogP contribution is -2.36. The van der Waals surface area contributed by atoms with E-state index in [1.54, 1.807) is 32.1 Å². The van der Waals surface area contributed by atoms with E-state index in [-0.39, 0.29) is 0 Å². The molecular formula is C15H21. The SMILES string of the molecule is [CH]1CCC2C1C1CC2C2C3CCC(C3)C12. The van der Waals surface area contributed by atoms with Gasteiger partial charge in [-0.05, 0) is 92.3 Å². The van der Waals surface area contributed by atoms with E-state index in [1.165, 1.54) is 41.9 Å². The van der Waals surface area contributed by atoms with Crippen LogP contribution in [0, 0.1) is 53.8 Å². The second-order valence-corrected chi connectivity index (χ2v) is 7.11. The molecule has 0 nitrogen and oxygen atoms in total. The zero-order chi connectivity index (χ0) is 9.57. The van der Waals surface area contributed by atoms with Crippen molar-refractivity contribution in [1.82, 2.24) is 0 Å². The monoisotopic (exact) mass is 201 g/mol. The van der Waals surface area contributed by atoms with Gasteiger partial charge in [0.2, 0.25) is 0 Å². The summed E-state index contributed by atoms with van der Waals surface area (Å²) in [5.41, 5.74) is 0. The van der Waals surface area contributed by atoms with Gasteiger partial charge >= 0.3 is 0 Å². The molecule has 5 rings (SSSR count). The van der Waals surface area contributed by atoms with E-state index in [1.807, 2.05) is 0 Å². The molecule has 8 unspecified atom stereocenters. The standard InChI is InChI=1S/C15H21/c1-2-10-11(3-1)13-7-12(10)14-8-4-5-9(6-8)15(13)14/h2,8-15H,1,3-7H2. The predicted octanol–water partition coefficient (Wildman–Crippen LogP) is 3.53. The number of hydrogen-bond donors (Lipinski definition) is 0. The Morgan fingerprint density at radius 1 is 0.733 bits per heavy atom. The van der Waals surface area contributed by atoms with E-state index in [2.05, 4.69) is 6.42 Å². The summed E-state index contributed by atoms with van der Waals surface area (Å²) in [5, 5.41) is 0. The fourth-order valence-corrected chi connectivity index (χ4v) is 6.99. The van der Waals surface area contributed by atoms with Crippen molar-refractivity contribution in [1.29, 1.82) is 0 Å². The van der Waals surface area contributed by atoms with Crippen LogP contribution in [-0.4, -0.2) is 0 Å². The Morgan fingerprint density at radius 2 is 1.53 bits per heavy atom. The van der Waals surface area contributed by atoms with Crippen molar-refractivity contribution in [3.63, 3.8) is 0 Å². The Kier molecular flexibility index (Phi) is 1.34. The molecular weight excluding hydrogens is 180 g/mol. The van der Waals surface area contributed by atoms with Gasteiger partial charge in [0.05, 0.1) is 0 Å². The zero-order valence-corrected chi connectivity index (χ0v) is 9.44. The van der Waals surface area contributed by atoms with Crippen molar-refractivity contribution in [3.8, 4) is 0 Å². The lowest BCUT2D eigenvalue weighted by molar-refractivity contribution is 0.0809. The normalized spacial score (nSPS) is 68.8. The van der Waals surface area contributed by atoms with Gasteiger partial charge < -0.3 is 0 Å². The summed E-state index contributed by atoms with van der Waals surface area (Å²) >= 11 is 0. The third-order valence-corrected chi connectivity index (χ3v) is 7.06. The molecule has 5 aliphatic carbocycles. The van der Waals surface area contributed by atoms with Crippen molar-refractivity contribution in [3.05, 3.63) is 6.42 Å². The Hall–Kier alpha value is 0. The largest absolute Gasteiger partial charge is 0.0499 e. The molecule has 1 radical (unpaired) electrons. The number of rotatable bonds is 0. The van der Waals surface area contributed by atoms with Crippen LogP contribution in [0.4, 0.5) is 0 Å². The van der Waals surface area contributed by atoms with Crippen LogP contribution >= 0.6 is 0 Å². The maximum atomic E-state index is 2.72. The molecule has 0 aliphatic heterocycles. The van der Waals surface area contributed by atoms with E-state index in [0.29, 0.717) is 0 Å². The summed E-state index contributed by atoms with van der Waals surface area (Å²) in [6.07, 6.45) is 12.2. The molecule has 0 aromatic heterocycles. The topological polar surface area (TPSA) is 0 Å². The van der Waals surface area contributed by atoms with Crippen molar-refractivity contribution < 1.29 is 0 Å². The van der Waals surface area contributed by atoms with Gasteiger partial charge in [-0.3, -0.25) is 0 Å². The molecule has 0 saturated heterocycles. The van der Waals surface area contributed by atoms with Crippen LogP contribution in [0.25, 0.3) is 0 Å². The van der Waals surface area contributed by atoms with Crippen LogP contribution in [0.1, 0.15) is 38.5 Å². The molecule has 8 atom stereocenters. The zero-order valence-electron chi connectivity index (χ0n) is 9.44. The maximum absolute atomic E-state index is 2.72. The first-order valence-electron chi connectivity index (χ1n) is 7.27. The molecule has 4 bridgehead atoms. The number of hydrogen-bond acceptors (Lipinski definition) is 0. The summed E-state index contributed by atoms with van der Waals surface area (Å²) in [6, 6.07) is 0. The third kappa shape index (κ3) is 0.775. The quantitative estimate of drug-likeness (QED) is 0.526. The summed E-state index contributed by atoms with van der Waals surface area (Å²) < 4.78 is 0. The molecule has 0 heteroatoms. The van der Waals surface area contributed by atoms with Crippen molar-refractivity contribution >= 4 is 0 Å². The van der Waals surface area contributed by atoms with Crippen LogP contribution in [0.2, 0.25) is 0 Å². The van der Waals surface area contributed by atoms with Gasteiger partial charge in [-0.25, -0.2) is 0 Å². The van der Waals surface area contributed by atoms with Crippen LogP contribution in [-0.2, 0) is 0 Å². The van der Waals surface area contributed by atoms with E-state index in [9.17, 15) is 0 Å². The summed E-state index contributed by atoms with van der Waals surface area (Å²) in [5.74, 6) is 9.43. The molecule has 5 saturated carbocycles. The summed E-state index contributed by atoms with van der Waals surface area (Å²) in [6.45, 7) is 0. The smallest absolute Gasteiger partial charge is 0.0321 e. The highest BCUT2D eigenvalue weighted by Crippen LogP contribution is 2.72. The minimum Gasteiger partial charge on any atom is -0.0499 e. The molecule has 0 spiro atoms. The van der Waals surface area contributed by atoms with Gasteiger partial charge in [-0.15, -0.1) is 0 Å². The second-order valence-electron chi connectivity index (χ2n) is 7.11. The molecule has 81 valence electrons.